The second-order valence-corrected chi connectivity index (χ2v) is 7.54. The first-order valence-corrected chi connectivity index (χ1v) is 10.6. The number of furan rings is 1. The number of hydrogen-bond acceptors (Lipinski definition) is 7. The summed E-state index contributed by atoms with van der Waals surface area (Å²) in [6, 6.07) is 20.3. The molecule has 0 aliphatic carbocycles. The number of ether oxygens (including phenoxy) is 1. The van der Waals surface area contributed by atoms with Crippen LogP contribution in [0.3, 0.4) is 0 Å². The summed E-state index contributed by atoms with van der Waals surface area (Å²) in [5.74, 6) is 0.903. The van der Waals surface area contributed by atoms with Gasteiger partial charge in [-0.25, -0.2) is 4.98 Å². The Morgan fingerprint density at radius 2 is 1.91 bits per heavy atom. The van der Waals surface area contributed by atoms with E-state index >= 15 is 0 Å². The highest BCUT2D eigenvalue weighted by atomic mass is 16.6. The van der Waals surface area contributed by atoms with Gasteiger partial charge in [-0.2, -0.15) is 9.78 Å². The van der Waals surface area contributed by atoms with Gasteiger partial charge in [-0.15, -0.1) is 0 Å². The highest BCUT2D eigenvalue weighted by Crippen LogP contribution is 2.27. The van der Waals surface area contributed by atoms with Crippen LogP contribution < -0.4 is 10.3 Å². The van der Waals surface area contributed by atoms with E-state index in [4.69, 9.17) is 9.15 Å². The molecule has 0 spiro atoms. The lowest BCUT2D eigenvalue weighted by molar-refractivity contribution is -0.384. The minimum atomic E-state index is -0.516. The van der Waals surface area contributed by atoms with Gasteiger partial charge in [0.15, 0.2) is 5.76 Å². The fourth-order valence-electron chi connectivity index (χ4n) is 3.63. The Hall–Kier alpha value is -5.05. The summed E-state index contributed by atoms with van der Waals surface area (Å²) in [6.45, 7) is 3.81. The Morgan fingerprint density at radius 3 is 2.71 bits per heavy atom. The van der Waals surface area contributed by atoms with Gasteiger partial charge in [-0.3, -0.25) is 14.9 Å². The van der Waals surface area contributed by atoms with Crippen LogP contribution >= 0.6 is 0 Å². The van der Waals surface area contributed by atoms with Crippen LogP contribution in [0, 0.1) is 10.1 Å². The number of fused-ring (bicyclic) bond motifs is 2. The molecule has 2 aromatic heterocycles. The van der Waals surface area contributed by atoms with Crippen LogP contribution in [0.15, 0.2) is 99.8 Å². The maximum Gasteiger partial charge on any atom is 0.282 e. The molecule has 0 saturated carbocycles. The third kappa shape index (κ3) is 4.18. The van der Waals surface area contributed by atoms with E-state index in [1.165, 1.54) is 24.4 Å². The second kappa shape index (κ2) is 9.06. The molecule has 0 fully saturated rings. The lowest BCUT2D eigenvalue weighted by atomic mass is 10.2. The first kappa shape index (κ1) is 21.8. The van der Waals surface area contributed by atoms with E-state index in [0.29, 0.717) is 33.6 Å². The van der Waals surface area contributed by atoms with Crippen molar-refractivity contribution in [3.8, 4) is 17.3 Å². The summed E-state index contributed by atoms with van der Waals surface area (Å²) in [4.78, 5) is 28.8. The van der Waals surface area contributed by atoms with Gasteiger partial charge in [-0.05, 0) is 30.3 Å². The zero-order chi connectivity index (χ0) is 24.4. The molecule has 172 valence electrons. The lowest BCUT2D eigenvalue weighted by Gasteiger charge is -2.09. The summed E-state index contributed by atoms with van der Waals surface area (Å²) >= 11 is 0. The van der Waals surface area contributed by atoms with E-state index in [1.54, 1.807) is 36.4 Å². The molecule has 0 radical (unpaired) electrons. The number of nitro groups is 1. The fourth-order valence-corrected chi connectivity index (χ4v) is 3.63. The highest BCUT2D eigenvalue weighted by molar-refractivity contribution is 5.86. The molecular formula is C26H18N4O5. The largest absolute Gasteiger partial charge is 0.489 e. The van der Waals surface area contributed by atoms with Crippen molar-refractivity contribution in [3.05, 3.63) is 111 Å². The molecule has 9 heteroatoms. The van der Waals surface area contributed by atoms with Crippen LogP contribution in [0.25, 0.3) is 33.5 Å². The molecule has 35 heavy (non-hydrogen) atoms. The first-order chi connectivity index (χ1) is 17.0. The first-order valence-electron chi connectivity index (χ1n) is 10.6. The van der Waals surface area contributed by atoms with E-state index < -0.39 is 10.5 Å². The molecule has 0 N–H and O–H groups in total. The number of non-ortho nitro benzene ring substituents is 1. The molecular weight excluding hydrogens is 448 g/mol. The number of rotatable bonds is 7. The number of benzene rings is 3. The number of aromatic nitrogens is 2. The van der Waals surface area contributed by atoms with Crippen LogP contribution in [-0.4, -0.2) is 27.4 Å². The molecule has 3 aromatic carbocycles. The quantitative estimate of drug-likeness (QED) is 0.142. The third-order valence-electron chi connectivity index (χ3n) is 5.27. The molecule has 0 amide bonds. The minimum Gasteiger partial charge on any atom is -0.489 e. The van der Waals surface area contributed by atoms with E-state index in [9.17, 15) is 14.9 Å². The summed E-state index contributed by atoms with van der Waals surface area (Å²) in [6.07, 6.45) is 2.88. The molecule has 9 nitrogen and oxygen atoms in total. The fraction of sp³-hybridized carbons (Fsp3) is 0.0385. The number of hydrogen-bond donors (Lipinski definition) is 0. The molecule has 5 rings (SSSR count). The zero-order valence-electron chi connectivity index (χ0n) is 18.3. The smallest absolute Gasteiger partial charge is 0.282 e. The maximum absolute atomic E-state index is 13.4. The molecule has 0 aliphatic heterocycles. The van der Waals surface area contributed by atoms with Crippen molar-refractivity contribution < 1.29 is 14.1 Å². The zero-order valence-corrected chi connectivity index (χ0v) is 18.3. The van der Waals surface area contributed by atoms with Gasteiger partial charge in [0.25, 0.3) is 11.2 Å². The Kier molecular flexibility index (Phi) is 5.64. The monoisotopic (exact) mass is 466 g/mol. The maximum atomic E-state index is 13.4. The van der Waals surface area contributed by atoms with Crippen molar-refractivity contribution in [1.82, 2.24) is 9.66 Å². The lowest BCUT2D eigenvalue weighted by Crippen LogP contribution is -2.20. The Bertz CT molecular complexity index is 1650. The van der Waals surface area contributed by atoms with Crippen LogP contribution in [0.1, 0.15) is 5.56 Å². The van der Waals surface area contributed by atoms with Crippen molar-refractivity contribution in [3.63, 3.8) is 0 Å². The average molecular weight is 466 g/mol. The van der Waals surface area contributed by atoms with Gasteiger partial charge >= 0.3 is 0 Å². The molecule has 5 aromatic rings. The molecule has 0 aliphatic rings. The SMILES string of the molecule is C=CCOc1ccc([N+](=O)[O-])cc1C=Nn1c(-c2cc3ccccc3o2)nc2ccccc2c1=O. The summed E-state index contributed by atoms with van der Waals surface area (Å²) in [5, 5.41) is 16.9. The van der Waals surface area contributed by atoms with Crippen molar-refractivity contribution in [1.29, 1.82) is 0 Å². The van der Waals surface area contributed by atoms with E-state index in [2.05, 4.69) is 16.7 Å². The van der Waals surface area contributed by atoms with Crippen molar-refractivity contribution in [2.24, 2.45) is 5.10 Å². The number of nitrogens with zero attached hydrogens (tertiary/aromatic N) is 4. The predicted molar refractivity (Wildman–Crippen MR) is 133 cm³/mol. The standard InChI is InChI=1S/C26H18N4O5/c1-2-13-34-22-12-11-19(30(32)33)14-18(22)16-27-29-25(24-15-17-7-3-6-10-23(17)35-24)28-21-9-5-4-8-20(21)26(29)31/h2-12,14-16H,1,13H2. The van der Waals surface area contributed by atoms with Gasteiger partial charge in [-0.1, -0.05) is 43.0 Å². The molecule has 0 atom stereocenters. The Balaban J connectivity index is 1.70. The second-order valence-electron chi connectivity index (χ2n) is 7.54. The van der Waals surface area contributed by atoms with E-state index in [0.717, 1.165) is 10.1 Å². The summed E-state index contributed by atoms with van der Waals surface area (Å²) < 4.78 is 12.7. The summed E-state index contributed by atoms with van der Waals surface area (Å²) in [5.41, 5.74) is 0.890. The van der Waals surface area contributed by atoms with Crippen LogP contribution in [0.5, 0.6) is 5.75 Å². The third-order valence-corrected chi connectivity index (χ3v) is 5.27. The average Bonchev–Trinajstić information content (AvgIpc) is 3.31. The van der Waals surface area contributed by atoms with Gasteiger partial charge in [0, 0.05) is 23.1 Å². The molecule has 0 saturated heterocycles. The van der Waals surface area contributed by atoms with Crippen molar-refractivity contribution in [2.45, 2.75) is 0 Å². The Morgan fingerprint density at radius 1 is 1.11 bits per heavy atom. The van der Waals surface area contributed by atoms with E-state index in [1.807, 2.05) is 24.3 Å². The van der Waals surface area contributed by atoms with Crippen LogP contribution in [0.4, 0.5) is 5.69 Å². The van der Waals surface area contributed by atoms with E-state index in [-0.39, 0.29) is 18.1 Å². The van der Waals surface area contributed by atoms with Crippen molar-refractivity contribution in [2.75, 3.05) is 6.61 Å². The highest BCUT2D eigenvalue weighted by Gasteiger charge is 2.17. The van der Waals surface area contributed by atoms with Gasteiger partial charge in [0.05, 0.1) is 22.0 Å². The predicted octanol–water partition coefficient (Wildman–Crippen LogP) is 5.16. The van der Waals surface area contributed by atoms with Crippen LogP contribution in [-0.2, 0) is 0 Å². The number of para-hydroxylation sites is 2. The number of nitro benzene ring substituents is 1. The molecule has 0 unspecified atom stereocenters. The van der Waals surface area contributed by atoms with Gasteiger partial charge in [0.2, 0.25) is 5.82 Å². The Labute approximate surface area is 198 Å². The minimum absolute atomic E-state index is 0.140. The topological polar surface area (TPSA) is 113 Å². The normalized spacial score (nSPS) is 11.3. The summed E-state index contributed by atoms with van der Waals surface area (Å²) in [7, 11) is 0. The van der Waals surface area contributed by atoms with Gasteiger partial charge < -0.3 is 9.15 Å². The molecule has 2 heterocycles. The van der Waals surface area contributed by atoms with Gasteiger partial charge in [0.1, 0.15) is 17.9 Å². The van der Waals surface area contributed by atoms with Crippen molar-refractivity contribution >= 4 is 33.8 Å². The van der Waals surface area contributed by atoms with Crippen LogP contribution in [0.2, 0.25) is 0 Å². The molecule has 0 bridgehead atoms.